The maximum Gasteiger partial charge on any atom is 0.129 e. The van der Waals surface area contributed by atoms with Gasteiger partial charge in [0.05, 0.1) is 0 Å². The van der Waals surface area contributed by atoms with Crippen LogP contribution in [0, 0.1) is 5.92 Å². The van der Waals surface area contributed by atoms with E-state index >= 15 is 0 Å². The number of halogens is 1. The molecule has 4 N–H and O–H groups in total. The van der Waals surface area contributed by atoms with E-state index in [1.165, 1.54) is 0 Å². The molecule has 1 heterocycles. The summed E-state index contributed by atoms with van der Waals surface area (Å²) in [5.41, 5.74) is 12.9. The summed E-state index contributed by atoms with van der Waals surface area (Å²) in [5, 5.41) is 0.471. The first kappa shape index (κ1) is 11.4. The number of hydrogen-bond donors (Lipinski definition) is 2. The van der Waals surface area contributed by atoms with Crippen LogP contribution >= 0.6 is 11.6 Å². The first-order valence-corrected chi connectivity index (χ1v) is 5.02. The molecule has 0 fully saturated rings. The number of rotatable bonds is 3. The lowest BCUT2D eigenvalue weighted by Crippen LogP contribution is -2.38. The minimum atomic E-state index is -0.181. The Morgan fingerprint density at radius 2 is 1.93 bits per heavy atom. The van der Waals surface area contributed by atoms with Crippen molar-refractivity contribution in [3.63, 3.8) is 0 Å². The summed E-state index contributed by atoms with van der Waals surface area (Å²) in [6.07, 6.45) is 1.68. The number of hydrogen-bond acceptors (Lipinski definition) is 3. The van der Waals surface area contributed by atoms with Crippen molar-refractivity contribution in [2.75, 3.05) is 0 Å². The third-order valence-electron chi connectivity index (χ3n) is 2.32. The van der Waals surface area contributed by atoms with Crippen molar-refractivity contribution in [3.8, 4) is 0 Å². The molecule has 78 valence electrons. The molecule has 4 heteroatoms. The molecule has 2 atom stereocenters. The zero-order valence-corrected chi connectivity index (χ0v) is 9.20. The molecule has 3 nitrogen and oxygen atoms in total. The fourth-order valence-corrected chi connectivity index (χ4v) is 1.33. The molecule has 0 saturated carbocycles. The fourth-order valence-electron chi connectivity index (χ4n) is 1.22. The van der Waals surface area contributed by atoms with Crippen LogP contribution in [0.4, 0.5) is 0 Å². The molecule has 1 rings (SSSR count). The molecule has 1 aromatic heterocycles. The van der Waals surface area contributed by atoms with Crippen molar-refractivity contribution in [2.24, 2.45) is 17.4 Å². The van der Waals surface area contributed by atoms with E-state index in [9.17, 15) is 0 Å². The van der Waals surface area contributed by atoms with Gasteiger partial charge in [0.2, 0.25) is 0 Å². The second kappa shape index (κ2) is 4.73. The van der Waals surface area contributed by atoms with Crippen molar-refractivity contribution >= 4 is 11.6 Å². The predicted molar refractivity (Wildman–Crippen MR) is 59.0 cm³/mol. The summed E-state index contributed by atoms with van der Waals surface area (Å²) in [7, 11) is 0. The summed E-state index contributed by atoms with van der Waals surface area (Å²) >= 11 is 5.68. The molecule has 0 bridgehead atoms. The van der Waals surface area contributed by atoms with E-state index in [2.05, 4.69) is 4.98 Å². The van der Waals surface area contributed by atoms with Crippen LogP contribution in [0.5, 0.6) is 0 Å². The van der Waals surface area contributed by atoms with Crippen molar-refractivity contribution < 1.29 is 0 Å². The first-order valence-electron chi connectivity index (χ1n) is 4.65. The molecule has 0 radical (unpaired) electrons. The minimum absolute atomic E-state index is 0.0574. The van der Waals surface area contributed by atoms with E-state index in [1.54, 1.807) is 12.3 Å². The smallest absolute Gasteiger partial charge is 0.129 e. The average molecular weight is 214 g/mol. The second-order valence-corrected chi connectivity index (χ2v) is 4.15. The molecule has 0 aliphatic carbocycles. The third-order valence-corrected chi connectivity index (χ3v) is 2.54. The summed E-state index contributed by atoms with van der Waals surface area (Å²) in [4.78, 5) is 3.97. The highest BCUT2D eigenvalue weighted by molar-refractivity contribution is 6.29. The van der Waals surface area contributed by atoms with Gasteiger partial charge in [0, 0.05) is 18.3 Å². The van der Waals surface area contributed by atoms with Gasteiger partial charge in [-0.05, 0) is 17.5 Å². The normalized spacial score (nSPS) is 15.6. The quantitative estimate of drug-likeness (QED) is 0.752. The summed E-state index contributed by atoms with van der Waals surface area (Å²) in [6.45, 7) is 4.10. The molecular weight excluding hydrogens is 198 g/mol. The SMILES string of the molecule is CC(C)C(N)C(N)c1ccc(Cl)nc1. The molecular formula is C10H16ClN3. The van der Waals surface area contributed by atoms with Gasteiger partial charge in [-0.15, -0.1) is 0 Å². The zero-order chi connectivity index (χ0) is 10.7. The highest BCUT2D eigenvalue weighted by Gasteiger charge is 2.18. The lowest BCUT2D eigenvalue weighted by molar-refractivity contribution is 0.423. The van der Waals surface area contributed by atoms with E-state index in [0.29, 0.717) is 11.1 Å². The Labute approximate surface area is 89.5 Å². The van der Waals surface area contributed by atoms with Crippen molar-refractivity contribution in [3.05, 3.63) is 29.0 Å². The Balaban J connectivity index is 2.78. The van der Waals surface area contributed by atoms with E-state index in [-0.39, 0.29) is 12.1 Å². The number of aromatic nitrogens is 1. The Bertz CT molecular complexity index is 284. The third kappa shape index (κ3) is 2.67. The lowest BCUT2D eigenvalue weighted by Gasteiger charge is -2.23. The minimum Gasteiger partial charge on any atom is -0.326 e. The van der Waals surface area contributed by atoms with E-state index < -0.39 is 0 Å². The molecule has 0 aliphatic heterocycles. The number of pyridine rings is 1. The molecule has 0 saturated heterocycles. The monoisotopic (exact) mass is 213 g/mol. The number of nitrogens with zero attached hydrogens (tertiary/aromatic N) is 1. The van der Waals surface area contributed by atoms with Gasteiger partial charge in [0.1, 0.15) is 5.15 Å². The standard InChI is InChI=1S/C10H16ClN3/c1-6(2)9(12)10(13)7-3-4-8(11)14-5-7/h3-6,9-10H,12-13H2,1-2H3. The van der Waals surface area contributed by atoms with Gasteiger partial charge in [-0.1, -0.05) is 31.5 Å². The van der Waals surface area contributed by atoms with Crippen molar-refractivity contribution in [1.29, 1.82) is 0 Å². The first-order chi connectivity index (χ1) is 6.52. The topological polar surface area (TPSA) is 64.9 Å². The van der Waals surface area contributed by atoms with Crippen LogP contribution in [-0.2, 0) is 0 Å². The van der Waals surface area contributed by atoms with Crippen LogP contribution in [0.2, 0.25) is 5.15 Å². The molecule has 0 aliphatic rings. The molecule has 0 amide bonds. The van der Waals surface area contributed by atoms with Crippen LogP contribution in [0.25, 0.3) is 0 Å². The van der Waals surface area contributed by atoms with Crippen molar-refractivity contribution in [2.45, 2.75) is 25.9 Å². The van der Waals surface area contributed by atoms with Crippen LogP contribution in [-0.4, -0.2) is 11.0 Å². The van der Waals surface area contributed by atoms with Gasteiger partial charge in [-0.3, -0.25) is 0 Å². The molecule has 0 aromatic carbocycles. The lowest BCUT2D eigenvalue weighted by atomic mass is 9.94. The Morgan fingerprint density at radius 1 is 1.29 bits per heavy atom. The van der Waals surface area contributed by atoms with E-state index in [0.717, 1.165) is 5.56 Å². The highest BCUT2D eigenvalue weighted by Crippen LogP contribution is 2.18. The number of nitrogens with two attached hydrogens (primary N) is 2. The van der Waals surface area contributed by atoms with E-state index in [1.807, 2.05) is 19.9 Å². The summed E-state index contributed by atoms with van der Waals surface area (Å²) in [6, 6.07) is 3.35. The average Bonchev–Trinajstić information content (AvgIpc) is 2.16. The fraction of sp³-hybridized carbons (Fsp3) is 0.500. The maximum absolute atomic E-state index is 5.98. The maximum atomic E-state index is 5.98. The van der Waals surface area contributed by atoms with Gasteiger partial charge in [-0.25, -0.2) is 4.98 Å². The Morgan fingerprint density at radius 3 is 2.36 bits per heavy atom. The summed E-state index contributed by atoms with van der Waals surface area (Å²) in [5.74, 6) is 0.348. The Hall–Kier alpha value is -0.640. The van der Waals surface area contributed by atoms with Gasteiger partial charge in [-0.2, -0.15) is 0 Å². The van der Waals surface area contributed by atoms with Gasteiger partial charge in [0.25, 0.3) is 0 Å². The van der Waals surface area contributed by atoms with Crippen LogP contribution in [0.3, 0.4) is 0 Å². The highest BCUT2D eigenvalue weighted by atomic mass is 35.5. The van der Waals surface area contributed by atoms with E-state index in [4.69, 9.17) is 23.1 Å². The van der Waals surface area contributed by atoms with Gasteiger partial charge in [0.15, 0.2) is 0 Å². The molecule has 2 unspecified atom stereocenters. The van der Waals surface area contributed by atoms with Gasteiger partial charge >= 0.3 is 0 Å². The predicted octanol–water partition coefficient (Wildman–Crippen LogP) is 1.72. The van der Waals surface area contributed by atoms with Crippen LogP contribution in [0.15, 0.2) is 18.3 Å². The molecule has 1 aromatic rings. The van der Waals surface area contributed by atoms with Crippen LogP contribution < -0.4 is 11.5 Å². The summed E-state index contributed by atoms with van der Waals surface area (Å²) < 4.78 is 0. The largest absolute Gasteiger partial charge is 0.326 e. The Kier molecular flexibility index (Phi) is 3.86. The van der Waals surface area contributed by atoms with Gasteiger partial charge < -0.3 is 11.5 Å². The second-order valence-electron chi connectivity index (χ2n) is 3.76. The van der Waals surface area contributed by atoms with Crippen molar-refractivity contribution in [1.82, 2.24) is 4.98 Å². The van der Waals surface area contributed by atoms with Crippen LogP contribution in [0.1, 0.15) is 25.5 Å². The molecule has 0 spiro atoms. The molecule has 14 heavy (non-hydrogen) atoms. The zero-order valence-electron chi connectivity index (χ0n) is 8.44.